The Morgan fingerprint density at radius 1 is 1.07 bits per heavy atom. The Kier molecular flexibility index (Phi) is 7.14. The molecule has 154 valence electrons. The van der Waals surface area contributed by atoms with Crippen LogP contribution in [0, 0.1) is 5.92 Å². The third-order valence-electron chi connectivity index (χ3n) is 4.07. The van der Waals surface area contributed by atoms with Gasteiger partial charge in [0.1, 0.15) is 6.04 Å². The summed E-state index contributed by atoms with van der Waals surface area (Å²) >= 11 is 0. The summed E-state index contributed by atoms with van der Waals surface area (Å²) in [5.74, 6) is -2.13. The number of benzene rings is 1. The van der Waals surface area contributed by atoms with Gasteiger partial charge in [0.15, 0.2) is 6.10 Å². The highest BCUT2D eigenvalue weighted by atomic mass is 32.2. The van der Waals surface area contributed by atoms with Crippen molar-refractivity contribution in [3.8, 4) is 0 Å². The van der Waals surface area contributed by atoms with Crippen LogP contribution in [0.3, 0.4) is 0 Å². The van der Waals surface area contributed by atoms with Crippen LogP contribution in [-0.2, 0) is 24.3 Å². The highest BCUT2D eigenvalue weighted by molar-refractivity contribution is 7.89. The normalized spacial score (nSPS) is 16.1. The fourth-order valence-corrected chi connectivity index (χ4v) is 3.61. The summed E-state index contributed by atoms with van der Waals surface area (Å²) in [6.07, 6.45) is 0.466. The fourth-order valence-electron chi connectivity index (χ4n) is 2.25. The molecule has 9 nitrogen and oxygen atoms in total. The number of carbonyl (C=O) groups excluding carboxylic acids is 3. The Balaban J connectivity index is 1.97. The fraction of sp³-hybridized carbons (Fsp3) is 0.500. The zero-order chi connectivity index (χ0) is 20.9. The maximum atomic E-state index is 12.5. The van der Waals surface area contributed by atoms with Crippen LogP contribution in [0.4, 0.5) is 4.79 Å². The van der Waals surface area contributed by atoms with Gasteiger partial charge in [0.05, 0.1) is 4.90 Å². The van der Waals surface area contributed by atoms with E-state index in [-0.39, 0.29) is 10.9 Å². The molecule has 28 heavy (non-hydrogen) atoms. The van der Waals surface area contributed by atoms with Crippen molar-refractivity contribution in [1.29, 1.82) is 0 Å². The molecule has 0 bridgehead atoms. The number of hydrogen-bond donors (Lipinski definition) is 3. The number of nitrogens with one attached hydrogen (secondary N) is 3. The first-order valence-electron chi connectivity index (χ1n) is 8.99. The largest absolute Gasteiger partial charge is 0.451 e. The molecule has 1 aromatic carbocycles. The molecule has 0 aliphatic heterocycles. The molecule has 1 aliphatic rings. The van der Waals surface area contributed by atoms with Crippen molar-refractivity contribution in [2.24, 2.45) is 5.92 Å². The lowest BCUT2D eigenvalue weighted by Gasteiger charge is -2.22. The standard InChI is InChI=1S/C18H25N3O6S/c1-11(2)15(21-28(25,26)14-7-5-4-6-8-14)17(23)27-12(3)16(22)20-18(24)19-13-9-10-13/h4-8,11-13,15,21H,9-10H2,1-3H3,(H2,19,20,22,24). The summed E-state index contributed by atoms with van der Waals surface area (Å²) in [6.45, 7) is 4.60. The minimum absolute atomic E-state index is 0.0102. The molecule has 10 heteroatoms. The minimum atomic E-state index is -3.95. The summed E-state index contributed by atoms with van der Waals surface area (Å²) in [5, 5.41) is 4.67. The first-order valence-corrected chi connectivity index (χ1v) is 10.5. The third-order valence-corrected chi connectivity index (χ3v) is 5.52. The van der Waals surface area contributed by atoms with E-state index >= 15 is 0 Å². The molecule has 0 heterocycles. The second-order valence-electron chi connectivity index (χ2n) is 6.97. The van der Waals surface area contributed by atoms with Crippen LogP contribution in [0.25, 0.3) is 0 Å². The van der Waals surface area contributed by atoms with Gasteiger partial charge in [0.2, 0.25) is 10.0 Å². The average molecular weight is 411 g/mol. The molecule has 1 fully saturated rings. The summed E-state index contributed by atoms with van der Waals surface area (Å²) in [7, 11) is -3.95. The molecular weight excluding hydrogens is 386 g/mol. The van der Waals surface area contributed by atoms with Crippen molar-refractivity contribution in [3.05, 3.63) is 30.3 Å². The number of sulfonamides is 1. The molecular formula is C18H25N3O6S. The second-order valence-corrected chi connectivity index (χ2v) is 8.69. The van der Waals surface area contributed by atoms with Crippen LogP contribution in [0.15, 0.2) is 35.2 Å². The molecule has 0 spiro atoms. The molecule has 1 aliphatic carbocycles. The van der Waals surface area contributed by atoms with E-state index in [1.807, 2.05) is 0 Å². The van der Waals surface area contributed by atoms with Crippen LogP contribution < -0.4 is 15.4 Å². The van der Waals surface area contributed by atoms with E-state index in [9.17, 15) is 22.8 Å². The summed E-state index contributed by atoms with van der Waals surface area (Å²) in [6, 6.07) is 5.84. The highest BCUT2D eigenvalue weighted by Crippen LogP contribution is 2.18. The lowest BCUT2D eigenvalue weighted by atomic mass is 10.1. The number of hydrogen-bond acceptors (Lipinski definition) is 6. The molecule has 0 saturated heterocycles. The van der Waals surface area contributed by atoms with Gasteiger partial charge in [-0.3, -0.25) is 14.9 Å². The lowest BCUT2D eigenvalue weighted by Crippen LogP contribution is -2.49. The van der Waals surface area contributed by atoms with E-state index in [4.69, 9.17) is 4.74 Å². The van der Waals surface area contributed by atoms with Crippen LogP contribution >= 0.6 is 0 Å². The molecule has 0 radical (unpaired) electrons. The number of esters is 1. The van der Waals surface area contributed by atoms with Crippen LogP contribution in [0.5, 0.6) is 0 Å². The number of amides is 3. The van der Waals surface area contributed by atoms with E-state index < -0.39 is 46.0 Å². The number of imide groups is 1. The zero-order valence-electron chi connectivity index (χ0n) is 16.0. The van der Waals surface area contributed by atoms with Crippen LogP contribution in [0.2, 0.25) is 0 Å². The van der Waals surface area contributed by atoms with E-state index in [1.165, 1.54) is 19.1 Å². The van der Waals surface area contributed by atoms with E-state index in [2.05, 4.69) is 15.4 Å². The van der Waals surface area contributed by atoms with Crippen molar-refractivity contribution in [2.45, 2.75) is 56.7 Å². The minimum Gasteiger partial charge on any atom is -0.451 e. The summed E-state index contributed by atoms with van der Waals surface area (Å²) in [5.41, 5.74) is 0. The Morgan fingerprint density at radius 3 is 2.21 bits per heavy atom. The monoisotopic (exact) mass is 411 g/mol. The van der Waals surface area contributed by atoms with Crippen molar-refractivity contribution in [2.75, 3.05) is 0 Å². The number of urea groups is 1. The van der Waals surface area contributed by atoms with Crippen molar-refractivity contribution in [3.63, 3.8) is 0 Å². The Bertz CT molecular complexity index is 821. The Hall–Kier alpha value is -2.46. The molecule has 2 unspecified atom stereocenters. The quantitative estimate of drug-likeness (QED) is 0.545. The zero-order valence-corrected chi connectivity index (χ0v) is 16.8. The Morgan fingerprint density at radius 2 is 1.68 bits per heavy atom. The van der Waals surface area contributed by atoms with Gasteiger partial charge in [0, 0.05) is 6.04 Å². The van der Waals surface area contributed by atoms with Crippen molar-refractivity contribution >= 4 is 27.9 Å². The van der Waals surface area contributed by atoms with Gasteiger partial charge < -0.3 is 10.1 Å². The molecule has 2 atom stereocenters. The van der Waals surface area contributed by atoms with E-state index in [0.717, 1.165) is 12.8 Å². The molecule has 0 aromatic heterocycles. The topological polar surface area (TPSA) is 131 Å². The van der Waals surface area contributed by atoms with Crippen LogP contribution in [0.1, 0.15) is 33.6 Å². The maximum absolute atomic E-state index is 12.5. The number of rotatable bonds is 8. The van der Waals surface area contributed by atoms with E-state index in [0.29, 0.717) is 0 Å². The first-order chi connectivity index (χ1) is 13.1. The average Bonchev–Trinajstić information content (AvgIpc) is 3.43. The SMILES string of the molecule is CC(OC(=O)C(NS(=O)(=O)c1ccccc1)C(C)C)C(=O)NC(=O)NC1CC1. The van der Waals surface area contributed by atoms with Crippen LogP contribution in [-0.4, -0.2) is 44.5 Å². The van der Waals surface area contributed by atoms with Crippen molar-refractivity contribution < 1.29 is 27.5 Å². The van der Waals surface area contributed by atoms with E-state index in [1.54, 1.807) is 32.0 Å². The van der Waals surface area contributed by atoms with Gasteiger partial charge in [-0.2, -0.15) is 4.72 Å². The number of ether oxygens (including phenoxy) is 1. The first kappa shape index (κ1) is 21.8. The smallest absolute Gasteiger partial charge is 0.325 e. The van der Waals surface area contributed by atoms with Gasteiger partial charge in [0.25, 0.3) is 5.91 Å². The Labute approximate surface area is 164 Å². The van der Waals surface area contributed by atoms with Gasteiger partial charge in [-0.05, 0) is 37.8 Å². The molecule has 3 amide bonds. The molecule has 2 rings (SSSR count). The number of carbonyl (C=O) groups is 3. The summed E-state index contributed by atoms with van der Waals surface area (Å²) in [4.78, 5) is 36.1. The predicted octanol–water partition coefficient (Wildman–Crippen LogP) is 0.909. The summed E-state index contributed by atoms with van der Waals surface area (Å²) < 4.78 is 32.3. The highest BCUT2D eigenvalue weighted by Gasteiger charge is 2.32. The predicted molar refractivity (Wildman–Crippen MR) is 101 cm³/mol. The maximum Gasteiger partial charge on any atom is 0.325 e. The van der Waals surface area contributed by atoms with Crippen molar-refractivity contribution in [1.82, 2.24) is 15.4 Å². The molecule has 1 saturated carbocycles. The third kappa shape index (κ3) is 6.31. The van der Waals surface area contributed by atoms with Gasteiger partial charge in [-0.1, -0.05) is 32.0 Å². The van der Waals surface area contributed by atoms with Gasteiger partial charge >= 0.3 is 12.0 Å². The molecule has 3 N–H and O–H groups in total. The second kappa shape index (κ2) is 9.16. The van der Waals surface area contributed by atoms with Gasteiger partial charge in [-0.25, -0.2) is 13.2 Å². The lowest BCUT2D eigenvalue weighted by molar-refractivity contribution is -0.157. The molecule has 1 aromatic rings. The van der Waals surface area contributed by atoms with Gasteiger partial charge in [-0.15, -0.1) is 0 Å².